The Morgan fingerprint density at radius 3 is 2.71 bits per heavy atom. The van der Waals surface area contributed by atoms with E-state index < -0.39 is 10.8 Å². The fraction of sp³-hybridized carbons (Fsp3) is 0.650. The molecule has 1 aromatic carbocycles. The number of anilines is 1. The van der Waals surface area contributed by atoms with E-state index in [1.54, 1.807) is 13.1 Å². The van der Waals surface area contributed by atoms with Crippen molar-refractivity contribution in [3.8, 4) is 0 Å². The van der Waals surface area contributed by atoms with Gasteiger partial charge in [0.05, 0.1) is 0 Å². The topological polar surface area (TPSA) is 56.7 Å². The molecule has 1 fully saturated rings. The van der Waals surface area contributed by atoms with E-state index in [1.165, 1.54) is 6.07 Å². The first-order valence-electron chi connectivity index (χ1n) is 9.57. The normalized spacial score (nSPS) is 19.0. The van der Waals surface area contributed by atoms with Gasteiger partial charge in [0, 0.05) is 59.7 Å². The van der Waals surface area contributed by atoms with Crippen LogP contribution in [0.15, 0.2) is 23.2 Å². The second-order valence-electron chi connectivity index (χ2n) is 8.02. The number of aryl methyl sites for hydroxylation is 1. The third-order valence-corrected chi connectivity index (χ3v) is 6.69. The zero-order valence-corrected chi connectivity index (χ0v) is 20.7. The van der Waals surface area contributed by atoms with Crippen molar-refractivity contribution in [1.82, 2.24) is 10.6 Å². The molecule has 0 spiro atoms. The van der Waals surface area contributed by atoms with E-state index in [2.05, 4.69) is 20.5 Å². The Hall–Kier alpha value is -0.900. The predicted octanol–water partition coefficient (Wildman–Crippen LogP) is 3.43. The first-order valence-corrected chi connectivity index (χ1v) is 10.9. The van der Waals surface area contributed by atoms with Crippen LogP contribution in [0.3, 0.4) is 0 Å². The molecule has 0 amide bonds. The summed E-state index contributed by atoms with van der Waals surface area (Å²) in [5.41, 5.74) is 2.05. The molecule has 28 heavy (non-hydrogen) atoms. The molecule has 0 aromatic heterocycles. The molecule has 1 aliphatic heterocycles. The number of halogens is 2. The molecule has 160 valence electrons. The minimum Gasteiger partial charge on any atom is -0.369 e. The van der Waals surface area contributed by atoms with E-state index in [9.17, 15) is 8.60 Å². The van der Waals surface area contributed by atoms with Crippen LogP contribution in [-0.4, -0.2) is 53.4 Å². The molecule has 2 rings (SSSR count). The number of guanidine groups is 1. The number of aliphatic imine (C=N–C) groups is 1. The molecule has 1 aliphatic rings. The van der Waals surface area contributed by atoms with Crippen molar-refractivity contribution in [1.29, 1.82) is 0 Å². The van der Waals surface area contributed by atoms with Crippen LogP contribution in [0.5, 0.6) is 0 Å². The largest absolute Gasteiger partial charge is 0.369 e. The Labute approximate surface area is 188 Å². The number of rotatable bonds is 5. The van der Waals surface area contributed by atoms with Gasteiger partial charge >= 0.3 is 0 Å². The Balaban J connectivity index is 0.00000392. The summed E-state index contributed by atoms with van der Waals surface area (Å²) in [4.78, 5) is 6.60. The molecule has 0 radical (unpaired) electrons. The first-order chi connectivity index (χ1) is 12.7. The highest BCUT2D eigenvalue weighted by atomic mass is 127. The van der Waals surface area contributed by atoms with Crippen molar-refractivity contribution >= 4 is 46.4 Å². The lowest BCUT2D eigenvalue weighted by atomic mass is 10.0. The van der Waals surface area contributed by atoms with Crippen molar-refractivity contribution in [2.75, 3.05) is 37.3 Å². The second kappa shape index (κ2) is 11.3. The first kappa shape index (κ1) is 25.1. The molecule has 2 N–H and O–H groups in total. The van der Waals surface area contributed by atoms with Gasteiger partial charge in [-0.15, -0.1) is 24.0 Å². The van der Waals surface area contributed by atoms with E-state index >= 15 is 0 Å². The summed E-state index contributed by atoms with van der Waals surface area (Å²) >= 11 is 0. The van der Waals surface area contributed by atoms with E-state index in [0.29, 0.717) is 12.3 Å². The van der Waals surface area contributed by atoms with E-state index in [-0.39, 0.29) is 40.6 Å². The molecule has 2 unspecified atom stereocenters. The molecule has 2 atom stereocenters. The minimum atomic E-state index is -0.882. The van der Waals surface area contributed by atoms with Crippen LogP contribution in [0.4, 0.5) is 10.1 Å². The number of hydrogen-bond acceptors (Lipinski definition) is 3. The van der Waals surface area contributed by atoms with E-state index in [1.807, 2.05) is 33.8 Å². The van der Waals surface area contributed by atoms with Gasteiger partial charge < -0.3 is 15.5 Å². The van der Waals surface area contributed by atoms with Gasteiger partial charge in [0.1, 0.15) is 5.82 Å². The van der Waals surface area contributed by atoms with Gasteiger partial charge in [-0.05, 0) is 64.3 Å². The lowest BCUT2D eigenvalue weighted by molar-refractivity contribution is 0.468. The van der Waals surface area contributed by atoms with Gasteiger partial charge in [-0.1, -0.05) is 0 Å². The van der Waals surface area contributed by atoms with E-state index in [4.69, 9.17) is 0 Å². The minimum absolute atomic E-state index is 0. The van der Waals surface area contributed by atoms with Crippen LogP contribution in [0, 0.1) is 12.7 Å². The van der Waals surface area contributed by atoms with Gasteiger partial charge in [0.15, 0.2) is 5.96 Å². The summed E-state index contributed by atoms with van der Waals surface area (Å²) in [6.45, 7) is 10.4. The molecule has 0 saturated carbocycles. The number of hydrogen-bond donors (Lipinski definition) is 2. The molecule has 5 nitrogen and oxygen atoms in total. The lowest BCUT2D eigenvalue weighted by Crippen LogP contribution is -2.52. The summed E-state index contributed by atoms with van der Waals surface area (Å²) in [6, 6.07) is 5.24. The zero-order chi connectivity index (χ0) is 20.0. The fourth-order valence-corrected chi connectivity index (χ4v) is 4.14. The molecule has 0 bridgehead atoms. The Morgan fingerprint density at radius 2 is 2.11 bits per heavy atom. The highest BCUT2D eigenvalue weighted by molar-refractivity contribution is 14.0. The number of piperidine rings is 1. The van der Waals surface area contributed by atoms with Crippen LogP contribution in [0.1, 0.15) is 39.2 Å². The van der Waals surface area contributed by atoms with Crippen LogP contribution in [0.25, 0.3) is 0 Å². The fourth-order valence-electron chi connectivity index (χ4n) is 3.24. The highest BCUT2D eigenvalue weighted by Crippen LogP contribution is 2.24. The highest BCUT2D eigenvalue weighted by Gasteiger charge is 2.23. The monoisotopic (exact) mass is 524 g/mol. The number of nitrogens with zero attached hydrogens (tertiary/aromatic N) is 2. The summed E-state index contributed by atoms with van der Waals surface area (Å²) in [6.07, 6.45) is 2.13. The Morgan fingerprint density at radius 1 is 1.39 bits per heavy atom. The molecular formula is C20H34FIN4OS. The van der Waals surface area contributed by atoms with Gasteiger partial charge in [-0.25, -0.2) is 4.39 Å². The van der Waals surface area contributed by atoms with Crippen molar-refractivity contribution in [3.63, 3.8) is 0 Å². The molecule has 1 saturated heterocycles. The van der Waals surface area contributed by atoms with Crippen molar-refractivity contribution in [2.45, 2.75) is 51.3 Å². The SMILES string of the molecule is CN=C(NCCS(=O)C(C)(C)C)NC1CCCN(c2ccc(F)cc2C)C1.I. The summed E-state index contributed by atoms with van der Waals surface area (Å²) in [7, 11) is 0.869. The number of benzene rings is 1. The summed E-state index contributed by atoms with van der Waals surface area (Å²) in [5.74, 6) is 1.14. The standard InChI is InChI=1S/C20H33FN4OS.HI/c1-15-13-16(21)8-9-18(15)25-11-6-7-17(14-25)24-19(22-5)23-10-12-27(26)20(2,3)4;/h8-9,13,17H,6-7,10-12,14H2,1-5H3,(H2,22,23,24);1H. The lowest BCUT2D eigenvalue weighted by Gasteiger charge is -2.36. The van der Waals surface area contributed by atoms with Crippen molar-refractivity contribution in [2.24, 2.45) is 4.99 Å². The van der Waals surface area contributed by atoms with Crippen LogP contribution < -0.4 is 15.5 Å². The maximum Gasteiger partial charge on any atom is 0.191 e. The smallest absolute Gasteiger partial charge is 0.191 e. The Kier molecular flexibility index (Phi) is 10.2. The average Bonchev–Trinajstić information content (AvgIpc) is 2.60. The van der Waals surface area contributed by atoms with Crippen molar-refractivity contribution in [3.05, 3.63) is 29.6 Å². The quantitative estimate of drug-likeness (QED) is 0.352. The van der Waals surface area contributed by atoms with Crippen LogP contribution >= 0.6 is 24.0 Å². The maximum atomic E-state index is 13.4. The predicted molar refractivity (Wildman–Crippen MR) is 129 cm³/mol. The number of nitrogens with one attached hydrogen (secondary N) is 2. The van der Waals surface area contributed by atoms with Crippen molar-refractivity contribution < 1.29 is 8.60 Å². The zero-order valence-electron chi connectivity index (χ0n) is 17.5. The third kappa shape index (κ3) is 7.50. The second-order valence-corrected chi connectivity index (χ2v) is 10.3. The molecule has 8 heteroatoms. The summed E-state index contributed by atoms with van der Waals surface area (Å²) in [5, 5.41) is 6.74. The molecule has 1 heterocycles. The van der Waals surface area contributed by atoms with Crippen LogP contribution in [0.2, 0.25) is 0 Å². The van der Waals surface area contributed by atoms with Gasteiger partial charge in [0.2, 0.25) is 0 Å². The van der Waals surface area contributed by atoms with Crippen LogP contribution in [-0.2, 0) is 10.8 Å². The van der Waals surface area contributed by atoms with Gasteiger partial charge in [-0.3, -0.25) is 9.20 Å². The van der Waals surface area contributed by atoms with E-state index in [0.717, 1.165) is 43.1 Å². The van der Waals surface area contributed by atoms with Gasteiger partial charge in [0.25, 0.3) is 0 Å². The third-order valence-electron chi connectivity index (χ3n) is 4.75. The van der Waals surface area contributed by atoms with Gasteiger partial charge in [-0.2, -0.15) is 0 Å². The Bertz CT molecular complexity index is 693. The summed E-state index contributed by atoms with van der Waals surface area (Å²) < 4.78 is 25.3. The molecule has 1 aromatic rings. The molecular weight excluding hydrogens is 490 g/mol. The average molecular weight is 524 g/mol. The molecule has 0 aliphatic carbocycles. The maximum absolute atomic E-state index is 13.4.